The Morgan fingerprint density at radius 2 is 0.855 bits per heavy atom. The van der Waals surface area contributed by atoms with Crippen molar-refractivity contribution in [2.24, 2.45) is 0 Å². The van der Waals surface area contributed by atoms with Crippen LogP contribution in [0.2, 0.25) is 0 Å². The van der Waals surface area contributed by atoms with E-state index in [4.69, 9.17) is 4.42 Å². The summed E-state index contributed by atoms with van der Waals surface area (Å²) >= 11 is 0. The Hall–Kier alpha value is -7.22. The molecule has 1 nitrogen and oxygen atoms in total. The van der Waals surface area contributed by atoms with Crippen LogP contribution >= 0.6 is 0 Å². The first-order valence-electron chi connectivity index (χ1n) is 20.3. The van der Waals surface area contributed by atoms with Gasteiger partial charge in [0.25, 0.3) is 0 Å². The van der Waals surface area contributed by atoms with Crippen LogP contribution in [0.4, 0.5) is 0 Å². The van der Waals surface area contributed by atoms with Crippen LogP contribution in [0.5, 0.6) is 0 Å². The van der Waals surface area contributed by atoms with Crippen molar-refractivity contribution in [3.63, 3.8) is 0 Å². The predicted octanol–water partition coefficient (Wildman–Crippen LogP) is 15.5. The number of hydrogen-bond acceptors (Lipinski definition) is 1. The molecule has 0 fully saturated rings. The summed E-state index contributed by atoms with van der Waals surface area (Å²) in [6.07, 6.45) is 0. The Morgan fingerprint density at radius 3 is 1.56 bits per heavy atom. The van der Waals surface area contributed by atoms with Crippen LogP contribution in [0.15, 0.2) is 186 Å². The fourth-order valence-electron chi connectivity index (χ4n) is 9.57. The minimum Gasteiger partial charge on any atom is -0.456 e. The van der Waals surface area contributed by atoms with Gasteiger partial charge in [0, 0.05) is 10.8 Å². The van der Waals surface area contributed by atoms with E-state index in [1.807, 2.05) is 24.3 Å². The fraction of sp³-hybridized carbons (Fsp3) is 0. The van der Waals surface area contributed by atoms with E-state index in [2.05, 4.69) is 140 Å². The third kappa shape index (κ3) is 4.02. The molecular formula is C54H30O. The molecule has 13 aromatic rings. The first-order valence-corrected chi connectivity index (χ1v) is 18.8. The van der Waals surface area contributed by atoms with Gasteiger partial charge < -0.3 is 4.42 Å². The lowest BCUT2D eigenvalue weighted by Gasteiger charge is -2.19. The van der Waals surface area contributed by atoms with Crippen LogP contribution in [0.3, 0.4) is 0 Å². The maximum Gasteiger partial charge on any atom is 0.136 e. The second-order valence-electron chi connectivity index (χ2n) is 14.9. The maximum atomic E-state index is 10.4. The van der Waals surface area contributed by atoms with E-state index in [1.165, 1.54) is 21.5 Å². The van der Waals surface area contributed by atoms with Crippen molar-refractivity contribution in [1.29, 1.82) is 0 Å². The molecule has 0 N–H and O–H groups in total. The van der Waals surface area contributed by atoms with Gasteiger partial charge >= 0.3 is 0 Å². The Bertz CT molecular complexity index is 3860. The summed E-state index contributed by atoms with van der Waals surface area (Å²) < 4.78 is 36.6. The normalized spacial score (nSPS) is 13.1. The van der Waals surface area contributed by atoms with Crippen molar-refractivity contribution in [3.8, 4) is 33.4 Å². The molecule has 0 aliphatic carbocycles. The standard InChI is InChI=1S/C54H30O/c1-2-10-42-31(5-1)20-28-49-54(42)47-30-39(21-27-48(47)55-49)41-23-19-38(40-22-15-36-13-11-32-6-3-8-34-17-25-44(40)52(36)50(32)34)29-46(41)43-24-16-37-14-12-33-7-4-9-35-18-26-45(43)53(37)51(33)35/h1-30H/i19D,23D,29D. The SMILES string of the molecule is [2H]c1c([2H])c(-c2ccc3oc4ccc5ccccc5c4c3c2)c(-c2ccc3ccc4cccc5ccc2c3c45)c([2H])c1-c1ccc2ccc3cccc4ccc1c2c34. The summed E-state index contributed by atoms with van der Waals surface area (Å²) in [5.74, 6) is 0. The minimum absolute atomic E-state index is 0.0408. The van der Waals surface area contributed by atoms with Crippen molar-refractivity contribution >= 4 is 97.3 Å². The van der Waals surface area contributed by atoms with Crippen molar-refractivity contribution in [3.05, 3.63) is 182 Å². The van der Waals surface area contributed by atoms with E-state index in [9.17, 15) is 4.11 Å². The van der Waals surface area contributed by atoms with Crippen LogP contribution in [-0.4, -0.2) is 0 Å². The van der Waals surface area contributed by atoms with Crippen LogP contribution in [-0.2, 0) is 0 Å². The third-order valence-corrected chi connectivity index (χ3v) is 12.1. The molecule has 0 aliphatic heterocycles. The van der Waals surface area contributed by atoms with Crippen LogP contribution in [0, 0.1) is 0 Å². The Morgan fingerprint density at radius 1 is 0.309 bits per heavy atom. The van der Waals surface area contributed by atoms with Gasteiger partial charge in [-0.3, -0.25) is 0 Å². The van der Waals surface area contributed by atoms with Crippen molar-refractivity contribution in [2.75, 3.05) is 0 Å². The largest absolute Gasteiger partial charge is 0.456 e. The molecule has 1 aromatic heterocycles. The first kappa shape index (κ1) is 26.5. The molecule has 13 rings (SSSR count). The number of hydrogen-bond donors (Lipinski definition) is 0. The lowest BCUT2D eigenvalue weighted by molar-refractivity contribution is 0.669. The van der Waals surface area contributed by atoms with E-state index in [0.29, 0.717) is 16.7 Å². The number of fused-ring (bicyclic) bond motifs is 5. The zero-order valence-corrected chi connectivity index (χ0v) is 29.5. The van der Waals surface area contributed by atoms with E-state index in [0.717, 1.165) is 92.5 Å². The summed E-state index contributed by atoms with van der Waals surface area (Å²) in [6.45, 7) is 0. The molecule has 0 radical (unpaired) electrons. The highest BCUT2D eigenvalue weighted by Crippen LogP contribution is 2.46. The van der Waals surface area contributed by atoms with E-state index < -0.39 is 0 Å². The summed E-state index contributed by atoms with van der Waals surface area (Å²) in [7, 11) is 0. The van der Waals surface area contributed by atoms with Gasteiger partial charge in [0.1, 0.15) is 11.2 Å². The summed E-state index contributed by atoms with van der Waals surface area (Å²) in [5, 5.41) is 17.7. The summed E-state index contributed by atoms with van der Waals surface area (Å²) in [5.41, 5.74) is 5.69. The van der Waals surface area contributed by atoms with Gasteiger partial charge in [-0.2, -0.15) is 0 Å². The van der Waals surface area contributed by atoms with Crippen molar-refractivity contribution in [2.45, 2.75) is 0 Å². The maximum absolute atomic E-state index is 10.4. The average Bonchev–Trinajstić information content (AvgIpc) is 3.65. The molecule has 0 amide bonds. The zero-order valence-electron chi connectivity index (χ0n) is 32.5. The monoisotopic (exact) mass is 697 g/mol. The third-order valence-electron chi connectivity index (χ3n) is 12.1. The quantitative estimate of drug-likeness (QED) is 0.168. The van der Waals surface area contributed by atoms with Crippen LogP contribution in [0.1, 0.15) is 4.11 Å². The smallest absolute Gasteiger partial charge is 0.136 e. The molecule has 12 aromatic carbocycles. The lowest BCUT2D eigenvalue weighted by atomic mass is 9.84. The minimum atomic E-state index is 0.0408. The molecule has 0 aliphatic rings. The van der Waals surface area contributed by atoms with E-state index in [1.54, 1.807) is 0 Å². The highest BCUT2D eigenvalue weighted by Gasteiger charge is 2.19. The highest BCUT2D eigenvalue weighted by molar-refractivity contribution is 6.27. The van der Waals surface area contributed by atoms with E-state index in [-0.39, 0.29) is 18.1 Å². The second-order valence-corrected chi connectivity index (χ2v) is 14.9. The second kappa shape index (κ2) is 10.7. The van der Waals surface area contributed by atoms with Crippen LogP contribution in [0.25, 0.3) is 131 Å². The van der Waals surface area contributed by atoms with Gasteiger partial charge in [0.15, 0.2) is 0 Å². The van der Waals surface area contributed by atoms with Gasteiger partial charge in [-0.15, -0.1) is 0 Å². The fourth-order valence-corrected chi connectivity index (χ4v) is 9.57. The molecule has 0 spiro atoms. The van der Waals surface area contributed by atoms with E-state index >= 15 is 0 Å². The topological polar surface area (TPSA) is 13.1 Å². The van der Waals surface area contributed by atoms with Crippen LogP contribution < -0.4 is 0 Å². The molecule has 1 heterocycles. The lowest BCUT2D eigenvalue weighted by Crippen LogP contribution is -1.92. The Balaban J connectivity index is 1.17. The molecule has 55 heavy (non-hydrogen) atoms. The highest BCUT2D eigenvalue weighted by atomic mass is 16.3. The Labute approximate surface area is 320 Å². The Kier molecular flexibility index (Phi) is 5.15. The van der Waals surface area contributed by atoms with Gasteiger partial charge in [0.2, 0.25) is 0 Å². The molecule has 252 valence electrons. The molecule has 0 unspecified atom stereocenters. The van der Waals surface area contributed by atoms with Gasteiger partial charge in [0.05, 0.1) is 4.11 Å². The molecule has 0 atom stereocenters. The number of benzene rings is 12. The first-order chi connectivity index (χ1) is 28.5. The molecule has 0 bridgehead atoms. The predicted molar refractivity (Wildman–Crippen MR) is 235 cm³/mol. The number of rotatable bonds is 3. The molecule has 0 saturated carbocycles. The summed E-state index contributed by atoms with van der Waals surface area (Å²) in [4.78, 5) is 0. The molecular weight excluding hydrogens is 665 g/mol. The molecule has 0 saturated heterocycles. The summed E-state index contributed by atoms with van der Waals surface area (Å²) in [6, 6.07) is 57.5. The van der Waals surface area contributed by atoms with Gasteiger partial charge in [-0.05, 0) is 133 Å². The molecule has 1 heteroatoms. The average molecular weight is 698 g/mol. The zero-order chi connectivity index (χ0) is 38.4. The number of furan rings is 1. The van der Waals surface area contributed by atoms with Crippen molar-refractivity contribution in [1.82, 2.24) is 0 Å². The van der Waals surface area contributed by atoms with Gasteiger partial charge in [-0.1, -0.05) is 158 Å². The van der Waals surface area contributed by atoms with Crippen molar-refractivity contribution < 1.29 is 8.53 Å². The van der Waals surface area contributed by atoms with Gasteiger partial charge in [-0.25, -0.2) is 0 Å².